The van der Waals surface area contributed by atoms with E-state index in [2.05, 4.69) is 4.98 Å². The largest absolute Gasteiger partial charge is 0.489 e. The van der Waals surface area contributed by atoms with Crippen molar-refractivity contribution >= 4 is 5.91 Å². The minimum Gasteiger partial charge on any atom is -0.489 e. The molecule has 0 saturated carbocycles. The molecule has 1 aromatic carbocycles. The first-order valence-electron chi connectivity index (χ1n) is 8.39. The number of aryl methyl sites for hydroxylation is 1. The van der Waals surface area contributed by atoms with E-state index in [1.807, 2.05) is 19.1 Å². The highest BCUT2D eigenvalue weighted by Crippen LogP contribution is 2.30. The second-order valence-corrected chi connectivity index (χ2v) is 6.32. The summed E-state index contributed by atoms with van der Waals surface area (Å²) in [6.07, 6.45) is -1.59. The summed E-state index contributed by atoms with van der Waals surface area (Å²) in [7, 11) is 0. The van der Waals surface area contributed by atoms with Gasteiger partial charge in [-0.3, -0.25) is 9.78 Å². The number of carbonyl (C=O) groups excluding carboxylic acids is 1. The van der Waals surface area contributed by atoms with Crippen molar-refractivity contribution in [2.45, 2.75) is 32.0 Å². The van der Waals surface area contributed by atoms with Crippen LogP contribution in [0, 0.1) is 6.92 Å². The zero-order valence-corrected chi connectivity index (χ0v) is 14.3. The SMILES string of the molecule is Cc1ccc(OC2CCN(C(=O)c3cccc(C(F)(F)F)c3)CC2)cn1. The second-order valence-electron chi connectivity index (χ2n) is 6.32. The highest BCUT2D eigenvalue weighted by molar-refractivity contribution is 5.94. The fourth-order valence-electron chi connectivity index (χ4n) is 2.90. The molecule has 0 spiro atoms. The number of nitrogens with zero attached hydrogens (tertiary/aromatic N) is 2. The average molecular weight is 364 g/mol. The van der Waals surface area contributed by atoms with Gasteiger partial charge in [-0.05, 0) is 37.3 Å². The lowest BCUT2D eigenvalue weighted by Crippen LogP contribution is -2.41. The number of amides is 1. The molecule has 1 saturated heterocycles. The predicted octanol–water partition coefficient (Wildman–Crippen LogP) is 4.09. The molecule has 0 atom stereocenters. The van der Waals surface area contributed by atoms with Crippen LogP contribution in [0.2, 0.25) is 0 Å². The van der Waals surface area contributed by atoms with Crippen molar-refractivity contribution in [2.75, 3.05) is 13.1 Å². The Hall–Kier alpha value is -2.57. The number of likely N-dealkylation sites (tertiary alicyclic amines) is 1. The van der Waals surface area contributed by atoms with Crippen LogP contribution < -0.4 is 4.74 Å². The molecular weight excluding hydrogens is 345 g/mol. The van der Waals surface area contributed by atoms with Crippen LogP contribution in [-0.2, 0) is 6.18 Å². The van der Waals surface area contributed by atoms with E-state index in [1.165, 1.54) is 12.1 Å². The first kappa shape index (κ1) is 18.2. The third-order valence-electron chi connectivity index (χ3n) is 4.35. The number of alkyl halides is 3. The number of piperidine rings is 1. The molecule has 2 aromatic rings. The minimum atomic E-state index is -4.46. The average Bonchev–Trinajstić information content (AvgIpc) is 2.63. The number of rotatable bonds is 3. The van der Waals surface area contributed by atoms with Gasteiger partial charge in [-0.25, -0.2) is 0 Å². The van der Waals surface area contributed by atoms with E-state index in [4.69, 9.17) is 4.74 Å². The van der Waals surface area contributed by atoms with Gasteiger partial charge in [-0.2, -0.15) is 13.2 Å². The van der Waals surface area contributed by atoms with Gasteiger partial charge in [-0.15, -0.1) is 0 Å². The van der Waals surface area contributed by atoms with Crippen LogP contribution in [0.25, 0.3) is 0 Å². The Balaban J connectivity index is 1.59. The van der Waals surface area contributed by atoms with Gasteiger partial charge in [0.05, 0.1) is 11.8 Å². The van der Waals surface area contributed by atoms with Crippen LogP contribution in [0.3, 0.4) is 0 Å². The smallest absolute Gasteiger partial charge is 0.416 e. The van der Waals surface area contributed by atoms with E-state index in [1.54, 1.807) is 11.1 Å². The van der Waals surface area contributed by atoms with Gasteiger partial charge in [-0.1, -0.05) is 6.07 Å². The van der Waals surface area contributed by atoms with Gasteiger partial charge < -0.3 is 9.64 Å². The molecule has 7 heteroatoms. The van der Waals surface area contributed by atoms with Crippen molar-refractivity contribution in [1.29, 1.82) is 0 Å². The molecule has 0 aliphatic carbocycles. The van der Waals surface area contributed by atoms with Crippen LogP contribution in [0.15, 0.2) is 42.6 Å². The first-order chi connectivity index (χ1) is 12.3. The number of ether oxygens (including phenoxy) is 1. The molecule has 1 aromatic heterocycles. The summed E-state index contributed by atoms with van der Waals surface area (Å²) in [5.74, 6) is 0.296. The number of aromatic nitrogens is 1. The Bertz CT molecular complexity index is 767. The van der Waals surface area contributed by atoms with Crippen molar-refractivity contribution in [1.82, 2.24) is 9.88 Å². The molecule has 0 radical (unpaired) electrons. The molecule has 2 heterocycles. The summed E-state index contributed by atoms with van der Waals surface area (Å²) >= 11 is 0. The maximum atomic E-state index is 12.8. The third kappa shape index (κ3) is 4.33. The van der Waals surface area contributed by atoms with Crippen LogP contribution in [-0.4, -0.2) is 35.0 Å². The summed E-state index contributed by atoms with van der Waals surface area (Å²) in [5, 5.41) is 0. The van der Waals surface area contributed by atoms with Crippen molar-refractivity contribution in [3.05, 3.63) is 59.4 Å². The quantitative estimate of drug-likeness (QED) is 0.824. The molecule has 26 heavy (non-hydrogen) atoms. The van der Waals surface area contributed by atoms with Crippen molar-refractivity contribution < 1.29 is 22.7 Å². The van der Waals surface area contributed by atoms with Gasteiger partial charge in [0.25, 0.3) is 5.91 Å². The minimum absolute atomic E-state index is 0.0370. The van der Waals surface area contributed by atoms with E-state index >= 15 is 0 Å². The maximum absolute atomic E-state index is 12.8. The standard InChI is InChI=1S/C19H19F3N2O2/c1-13-5-6-17(12-23-13)26-16-7-9-24(10-8-16)18(25)14-3-2-4-15(11-14)19(20,21)22/h2-6,11-12,16H,7-10H2,1H3. The molecule has 0 bridgehead atoms. The topological polar surface area (TPSA) is 42.4 Å². The fourth-order valence-corrected chi connectivity index (χ4v) is 2.90. The van der Waals surface area contributed by atoms with Gasteiger partial charge in [0.15, 0.2) is 0 Å². The Morgan fingerprint density at radius 3 is 2.54 bits per heavy atom. The number of halogens is 3. The van der Waals surface area contributed by atoms with Crippen LogP contribution in [0.5, 0.6) is 5.75 Å². The van der Waals surface area contributed by atoms with E-state index in [-0.39, 0.29) is 17.6 Å². The molecule has 0 unspecified atom stereocenters. The molecular formula is C19H19F3N2O2. The summed E-state index contributed by atoms with van der Waals surface area (Å²) < 4.78 is 44.3. The Morgan fingerprint density at radius 2 is 1.92 bits per heavy atom. The normalized spacial score (nSPS) is 15.8. The number of benzene rings is 1. The lowest BCUT2D eigenvalue weighted by atomic mass is 10.0. The Morgan fingerprint density at radius 1 is 1.19 bits per heavy atom. The Kier molecular flexibility index (Phi) is 5.15. The zero-order chi connectivity index (χ0) is 18.7. The summed E-state index contributed by atoms with van der Waals surface area (Å²) in [6, 6.07) is 8.26. The van der Waals surface area contributed by atoms with E-state index < -0.39 is 11.7 Å². The third-order valence-corrected chi connectivity index (χ3v) is 4.35. The summed E-state index contributed by atoms with van der Waals surface area (Å²) in [4.78, 5) is 18.2. The summed E-state index contributed by atoms with van der Waals surface area (Å²) in [5.41, 5.74) is 0.147. The van der Waals surface area contributed by atoms with Crippen LogP contribution >= 0.6 is 0 Å². The lowest BCUT2D eigenvalue weighted by Gasteiger charge is -2.32. The highest BCUT2D eigenvalue weighted by Gasteiger charge is 2.32. The van der Waals surface area contributed by atoms with Crippen molar-refractivity contribution in [3.8, 4) is 5.75 Å². The van der Waals surface area contributed by atoms with Crippen LogP contribution in [0.4, 0.5) is 13.2 Å². The molecule has 1 aliphatic heterocycles. The van der Waals surface area contributed by atoms with Gasteiger partial charge >= 0.3 is 6.18 Å². The van der Waals surface area contributed by atoms with Crippen molar-refractivity contribution in [2.24, 2.45) is 0 Å². The van der Waals surface area contributed by atoms with Crippen LogP contribution in [0.1, 0.15) is 34.5 Å². The van der Waals surface area contributed by atoms with E-state index in [0.717, 1.165) is 17.8 Å². The number of pyridine rings is 1. The van der Waals surface area contributed by atoms with Gasteiger partial charge in [0.2, 0.25) is 0 Å². The first-order valence-corrected chi connectivity index (χ1v) is 8.39. The Labute approximate surface area is 149 Å². The number of carbonyl (C=O) groups is 1. The van der Waals surface area contributed by atoms with E-state index in [9.17, 15) is 18.0 Å². The fraction of sp³-hybridized carbons (Fsp3) is 0.368. The predicted molar refractivity (Wildman–Crippen MR) is 90.0 cm³/mol. The van der Waals surface area contributed by atoms with Gasteiger partial charge in [0, 0.05) is 37.2 Å². The number of hydrogen-bond acceptors (Lipinski definition) is 3. The molecule has 1 aliphatic rings. The molecule has 1 fully saturated rings. The molecule has 138 valence electrons. The van der Waals surface area contributed by atoms with Gasteiger partial charge in [0.1, 0.15) is 11.9 Å². The molecule has 3 rings (SSSR count). The molecule has 1 amide bonds. The monoisotopic (exact) mass is 364 g/mol. The van der Waals surface area contributed by atoms with Crippen molar-refractivity contribution in [3.63, 3.8) is 0 Å². The van der Waals surface area contributed by atoms with E-state index in [0.29, 0.717) is 31.7 Å². The molecule has 4 nitrogen and oxygen atoms in total. The second kappa shape index (κ2) is 7.35. The maximum Gasteiger partial charge on any atom is 0.416 e. The number of hydrogen-bond donors (Lipinski definition) is 0. The zero-order valence-electron chi connectivity index (χ0n) is 14.3. The lowest BCUT2D eigenvalue weighted by molar-refractivity contribution is -0.137. The highest BCUT2D eigenvalue weighted by atomic mass is 19.4. The molecule has 0 N–H and O–H groups in total. The summed E-state index contributed by atoms with van der Waals surface area (Å²) in [6.45, 7) is 2.78.